The zero-order valence-electron chi connectivity index (χ0n) is 17.2. The van der Waals surface area contributed by atoms with Crippen molar-refractivity contribution < 1.29 is 23.9 Å². The summed E-state index contributed by atoms with van der Waals surface area (Å²) in [5.41, 5.74) is 1.31. The third-order valence-corrected chi connectivity index (χ3v) is 4.39. The molecule has 1 atom stereocenters. The molecule has 2 amide bonds. The minimum Gasteiger partial charge on any atom is -0.497 e. The monoisotopic (exact) mass is 398 g/mol. The molecule has 2 N–H and O–H groups in total. The van der Waals surface area contributed by atoms with Gasteiger partial charge in [0, 0.05) is 22.9 Å². The fourth-order valence-corrected chi connectivity index (χ4v) is 2.73. The van der Waals surface area contributed by atoms with Gasteiger partial charge in [0.1, 0.15) is 17.5 Å². The lowest BCUT2D eigenvalue weighted by Crippen LogP contribution is -2.47. The van der Waals surface area contributed by atoms with Gasteiger partial charge < -0.3 is 20.1 Å². The van der Waals surface area contributed by atoms with E-state index < -0.39 is 11.9 Å². The smallest absolute Gasteiger partial charge is 0.252 e. The molecular weight excluding hydrogens is 372 g/mol. The molecule has 0 aliphatic carbocycles. The first-order chi connectivity index (χ1) is 13.7. The van der Waals surface area contributed by atoms with Crippen LogP contribution in [0.5, 0.6) is 11.5 Å². The Bertz CT molecular complexity index is 886. The second kappa shape index (κ2) is 9.73. The lowest BCUT2D eigenvalue weighted by molar-refractivity contribution is -0.118. The van der Waals surface area contributed by atoms with Gasteiger partial charge in [-0.05, 0) is 37.1 Å². The Morgan fingerprint density at radius 1 is 0.897 bits per heavy atom. The molecule has 0 bridgehead atoms. The van der Waals surface area contributed by atoms with Gasteiger partial charge in [0.05, 0.1) is 14.2 Å². The van der Waals surface area contributed by atoms with E-state index in [0.29, 0.717) is 28.3 Å². The molecule has 0 aromatic heterocycles. The number of hydrogen-bond donors (Lipinski definition) is 2. The Labute approximate surface area is 170 Å². The first-order valence-corrected chi connectivity index (χ1v) is 9.21. The molecule has 7 nitrogen and oxygen atoms in total. The van der Waals surface area contributed by atoms with Gasteiger partial charge in [-0.15, -0.1) is 0 Å². The van der Waals surface area contributed by atoms with E-state index in [-0.39, 0.29) is 17.6 Å². The SMILES string of the molecule is COc1cc(OC)cc(C(=O)NC(C(=O)Nc2cccc(C(C)=O)c2)C(C)C)c1. The summed E-state index contributed by atoms with van der Waals surface area (Å²) < 4.78 is 10.4. The molecule has 29 heavy (non-hydrogen) atoms. The molecule has 2 rings (SSSR count). The number of hydrogen-bond acceptors (Lipinski definition) is 5. The molecule has 0 aliphatic rings. The number of methoxy groups -OCH3 is 2. The van der Waals surface area contributed by atoms with E-state index >= 15 is 0 Å². The summed E-state index contributed by atoms with van der Waals surface area (Å²) in [4.78, 5) is 37.1. The number of Topliss-reactive ketones (excluding diaryl/α,β-unsaturated/α-hetero) is 1. The normalized spacial score (nSPS) is 11.5. The summed E-state index contributed by atoms with van der Waals surface area (Å²) in [5.74, 6) is -0.108. The number of ether oxygens (including phenoxy) is 2. The topological polar surface area (TPSA) is 93.7 Å². The third kappa shape index (κ3) is 5.81. The van der Waals surface area contributed by atoms with E-state index in [1.165, 1.54) is 21.1 Å². The van der Waals surface area contributed by atoms with Crippen molar-refractivity contribution in [3.05, 3.63) is 53.6 Å². The number of carbonyl (C=O) groups excluding carboxylic acids is 3. The van der Waals surface area contributed by atoms with Gasteiger partial charge in [-0.25, -0.2) is 0 Å². The van der Waals surface area contributed by atoms with Crippen molar-refractivity contribution >= 4 is 23.3 Å². The summed E-state index contributed by atoms with van der Waals surface area (Å²) in [5, 5.41) is 5.53. The highest BCUT2D eigenvalue weighted by Crippen LogP contribution is 2.23. The lowest BCUT2D eigenvalue weighted by Gasteiger charge is -2.22. The Morgan fingerprint density at radius 3 is 2.03 bits per heavy atom. The number of carbonyl (C=O) groups is 3. The van der Waals surface area contributed by atoms with Crippen LogP contribution in [0.4, 0.5) is 5.69 Å². The van der Waals surface area contributed by atoms with E-state index in [1.54, 1.807) is 42.5 Å². The zero-order valence-corrected chi connectivity index (χ0v) is 17.2. The molecule has 0 spiro atoms. The molecule has 0 aliphatic heterocycles. The maximum Gasteiger partial charge on any atom is 0.252 e. The minimum absolute atomic E-state index is 0.0956. The highest BCUT2D eigenvalue weighted by molar-refractivity contribution is 6.02. The molecule has 0 saturated heterocycles. The number of rotatable bonds is 8. The Morgan fingerprint density at radius 2 is 1.52 bits per heavy atom. The average molecular weight is 398 g/mol. The molecule has 0 fully saturated rings. The van der Waals surface area contributed by atoms with Crippen molar-refractivity contribution in [2.24, 2.45) is 5.92 Å². The fourth-order valence-electron chi connectivity index (χ4n) is 2.73. The van der Waals surface area contributed by atoms with Crippen molar-refractivity contribution in [3.63, 3.8) is 0 Å². The standard InChI is InChI=1S/C22H26N2O5/c1-13(2)20(22(27)23-17-8-6-7-15(9-17)14(3)25)24-21(26)16-10-18(28-4)12-19(11-16)29-5/h6-13,20H,1-5H3,(H,23,27)(H,24,26). The van der Waals surface area contributed by atoms with Crippen LogP contribution in [0.3, 0.4) is 0 Å². The molecular formula is C22H26N2O5. The number of anilines is 1. The van der Waals surface area contributed by atoms with Gasteiger partial charge in [-0.2, -0.15) is 0 Å². The molecule has 2 aromatic carbocycles. The van der Waals surface area contributed by atoms with E-state index in [9.17, 15) is 14.4 Å². The van der Waals surface area contributed by atoms with Gasteiger partial charge in [-0.1, -0.05) is 26.0 Å². The molecule has 0 saturated carbocycles. The van der Waals surface area contributed by atoms with Crippen LogP contribution in [-0.2, 0) is 4.79 Å². The Kier molecular flexibility index (Phi) is 7.36. The van der Waals surface area contributed by atoms with Crippen LogP contribution in [0.2, 0.25) is 0 Å². The van der Waals surface area contributed by atoms with Crippen molar-refractivity contribution in [3.8, 4) is 11.5 Å². The Hall–Kier alpha value is -3.35. The average Bonchev–Trinajstić information content (AvgIpc) is 2.71. The summed E-state index contributed by atoms with van der Waals surface area (Å²) in [6.45, 7) is 5.13. The molecule has 0 radical (unpaired) electrons. The molecule has 2 aromatic rings. The van der Waals surface area contributed by atoms with E-state index in [2.05, 4.69) is 10.6 Å². The number of amides is 2. The summed E-state index contributed by atoms with van der Waals surface area (Å²) >= 11 is 0. The van der Waals surface area contributed by atoms with Crippen LogP contribution in [0.1, 0.15) is 41.5 Å². The molecule has 0 heterocycles. The van der Waals surface area contributed by atoms with Crippen LogP contribution in [-0.4, -0.2) is 37.9 Å². The van der Waals surface area contributed by atoms with Crippen LogP contribution in [0, 0.1) is 5.92 Å². The van der Waals surface area contributed by atoms with Gasteiger partial charge in [-0.3, -0.25) is 14.4 Å². The van der Waals surface area contributed by atoms with E-state index in [1.807, 2.05) is 13.8 Å². The number of nitrogens with one attached hydrogen (secondary N) is 2. The Balaban J connectivity index is 2.19. The largest absolute Gasteiger partial charge is 0.497 e. The van der Waals surface area contributed by atoms with Crippen molar-refractivity contribution in [1.29, 1.82) is 0 Å². The predicted molar refractivity (Wildman–Crippen MR) is 111 cm³/mol. The zero-order chi connectivity index (χ0) is 21.6. The minimum atomic E-state index is -0.777. The van der Waals surface area contributed by atoms with Gasteiger partial charge in [0.25, 0.3) is 5.91 Å². The predicted octanol–water partition coefficient (Wildman–Crippen LogP) is 3.30. The second-order valence-corrected chi connectivity index (χ2v) is 6.92. The lowest BCUT2D eigenvalue weighted by atomic mass is 10.0. The van der Waals surface area contributed by atoms with Gasteiger partial charge >= 0.3 is 0 Å². The number of benzene rings is 2. The molecule has 7 heteroatoms. The maximum atomic E-state index is 12.8. The first-order valence-electron chi connectivity index (χ1n) is 9.21. The van der Waals surface area contributed by atoms with Crippen molar-refractivity contribution in [2.75, 3.05) is 19.5 Å². The quantitative estimate of drug-likeness (QED) is 0.666. The fraction of sp³-hybridized carbons (Fsp3) is 0.318. The van der Waals surface area contributed by atoms with Gasteiger partial charge in [0.2, 0.25) is 5.91 Å². The van der Waals surface area contributed by atoms with Crippen LogP contribution in [0.25, 0.3) is 0 Å². The maximum absolute atomic E-state index is 12.8. The highest BCUT2D eigenvalue weighted by Gasteiger charge is 2.25. The van der Waals surface area contributed by atoms with Crippen LogP contribution in [0.15, 0.2) is 42.5 Å². The van der Waals surface area contributed by atoms with Crippen molar-refractivity contribution in [2.45, 2.75) is 26.8 Å². The molecule has 154 valence electrons. The number of ketones is 1. The van der Waals surface area contributed by atoms with Crippen LogP contribution < -0.4 is 20.1 Å². The molecule has 1 unspecified atom stereocenters. The van der Waals surface area contributed by atoms with E-state index in [4.69, 9.17) is 9.47 Å². The van der Waals surface area contributed by atoms with E-state index in [0.717, 1.165) is 0 Å². The third-order valence-electron chi connectivity index (χ3n) is 4.39. The van der Waals surface area contributed by atoms with Crippen LogP contribution >= 0.6 is 0 Å². The summed E-state index contributed by atoms with van der Waals surface area (Å²) in [6, 6.07) is 10.7. The first kappa shape index (κ1) is 21.9. The summed E-state index contributed by atoms with van der Waals surface area (Å²) in [7, 11) is 2.99. The summed E-state index contributed by atoms with van der Waals surface area (Å²) in [6.07, 6.45) is 0. The second-order valence-electron chi connectivity index (χ2n) is 6.92. The van der Waals surface area contributed by atoms with Gasteiger partial charge in [0.15, 0.2) is 5.78 Å². The highest BCUT2D eigenvalue weighted by atomic mass is 16.5. The van der Waals surface area contributed by atoms with Crippen molar-refractivity contribution in [1.82, 2.24) is 5.32 Å².